The molecule has 14 nitrogen and oxygen atoms in total. The number of benzene rings is 1. The lowest BCUT2D eigenvalue weighted by atomic mass is 10.2. The first-order valence-corrected chi connectivity index (χ1v) is 19.3. The fourth-order valence-corrected chi connectivity index (χ4v) is 5.32. The van der Waals surface area contributed by atoms with E-state index in [0.717, 1.165) is 5.56 Å². The Morgan fingerprint density at radius 3 is 1.71 bits per heavy atom. The minimum atomic E-state index is -0.617. The standard InChI is InChI=1S/C41H68N6O8/c1-11-27-52-35-14-12-34(13-15-35)29-42-16-17-43-36(48)30-45-20-18-44(26-28-51-33-53-39(2,3)4)19-21-46(31-37(49)54-40(5,6)7)24-25-47(23-22-45)32-38(50)55-41(8,9)10/h1,12-15,29H,16-28,30-33H2,2-10H3,(H,43,48). The number of nitrogens with zero attached hydrogens (tertiary/aromatic N) is 5. The van der Waals surface area contributed by atoms with Crippen LogP contribution < -0.4 is 10.1 Å². The summed E-state index contributed by atoms with van der Waals surface area (Å²) in [6, 6.07) is 7.46. The van der Waals surface area contributed by atoms with Crippen molar-refractivity contribution in [3.8, 4) is 18.1 Å². The van der Waals surface area contributed by atoms with Crippen molar-refractivity contribution in [2.45, 2.75) is 79.1 Å². The van der Waals surface area contributed by atoms with E-state index in [1.807, 2.05) is 91.5 Å². The Kier molecular flexibility index (Phi) is 20.9. The zero-order valence-electron chi connectivity index (χ0n) is 35.0. The number of amides is 1. The van der Waals surface area contributed by atoms with E-state index in [9.17, 15) is 14.4 Å². The minimum absolute atomic E-state index is 0.0936. The molecule has 0 aromatic heterocycles. The molecule has 1 aliphatic heterocycles. The fraction of sp³-hybridized carbons (Fsp3) is 0.707. The summed E-state index contributed by atoms with van der Waals surface area (Å²) in [6.45, 7) is 24.5. The number of aliphatic imine (C=N–C) groups is 1. The molecule has 0 spiro atoms. The first kappa shape index (κ1) is 47.6. The summed E-state index contributed by atoms with van der Waals surface area (Å²) in [5.41, 5.74) is -0.598. The Morgan fingerprint density at radius 2 is 1.24 bits per heavy atom. The molecule has 1 amide bonds. The van der Waals surface area contributed by atoms with Crippen LogP contribution in [0.15, 0.2) is 29.3 Å². The zero-order chi connectivity index (χ0) is 40.9. The van der Waals surface area contributed by atoms with Crippen LogP contribution in [0.25, 0.3) is 0 Å². The van der Waals surface area contributed by atoms with Crippen molar-refractivity contribution in [1.82, 2.24) is 24.9 Å². The molecule has 1 heterocycles. The van der Waals surface area contributed by atoms with E-state index in [4.69, 9.17) is 30.1 Å². The molecular formula is C41H68N6O8. The Morgan fingerprint density at radius 1 is 0.745 bits per heavy atom. The third kappa shape index (κ3) is 24.5. The summed E-state index contributed by atoms with van der Waals surface area (Å²) in [6.07, 6.45) is 7.01. The van der Waals surface area contributed by atoms with E-state index >= 15 is 0 Å². The largest absolute Gasteiger partial charge is 0.481 e. The molecule has 55 heavy (non-hydrogen) atoms. The van der Waals surface area contributed by atoms with Crippen molar-refractivity contribution < 1.29 is 38.1 Å². The maximum Gasteiger partial charge on any atom is 0.320 e. The molecule has 0 unspecified atom stereocenters. The van der Waals surface area contributed by atoms with Gasteiger partial charge in [-0.15, -0.1) is 6.42 Å². The van der Waals surface area contributed by atoms with Gasteiger partial charge in [0, 0.05) is 71.7 Å². The molecule has 1 aromatic carbocycles. The Hall–Kier alpha value is -3.58. The van der Waals surface area contributed by atoms with Gasteiger partial charge in [0.15, 0.2) is 0 Å². The van der Waals surface area contributed by atoms with Gasteiger partial charge in [-0.05, 0) is 92.1 Å². The van der Waals surface area contributed by atoms with Gasteiger partial charge < -0.3 is 29.0 Å². The van der Waals surface area contributed by atoms with E-state index in [1.165, 1.54) is 0 Å². The van der Waals surface area contributed by atoms with Crippen molar-refractivity contribution in [2.24, 2.45) is 4.99 Å². The van der Waals surface area contributed by atoms with Gasteiger partial charge in [-0.1, -0.05) is 5.92 Å². The number of hydrogen-bond donors (Lipinski definition) is 1. The molecule has 310 valence electrons. The quantitative estimate of drug-likeness (QED) is 0.0821. The minimum Gasteiger partial charge on any atom is -0.481 e. The van der Waals surface area contributed by atoms with E-state index in [1.54, 1.807) is 6.21 Å². The monoisotopic (exact) mass is 773 g/mol. The van der Waals surface area contributed by atoms with Gasteiger partial charge in [0.25, 0.3) is 0 Å². The number of rotatable bonds is 17. The predicted molar refractivity (Wildman–Crippen MR) is 215 cm³/mol. The van der Waals surface area contributed by atoms with Crippen LogP contribution >= 0.6 is 0 Å². The van der Waals surface area contributed by atoms with Crippen molar-refractivity contribution >= 4 is 24.1 Å². The molecule has 0 saturated carbocycles. The van der Waals surface area contributed by atoms with Gasteiger partial charge in [-0.2, -0.15) is 0 Å². The first-order valence-electron chi connectivity index (χ1n) is 19.3. The molecule has 0 aliphatic carbocycles. The van der Waals surface area contributed by atoms with Crippen molar-refractivity contribution in [1.29, 1.82) is 0 Å². The fourth-order valence-electron chi connectivity index (χ4n) is 5.32. The summed E-state index contributed by atoms with van der Waals surface area (Å²) >= 11 is 0. The highest BCUT2D eigenvalue weighted by atomic mass is 16.7. The highest BCUT2D eigenvalue weighted by Gasteiger charge is 2.24. The molecule has 0 radical (unpaired) electrons. The molecule has 14 heteroatoms. The van der Waals surface area contributed by atoms with Crippen LogP contribution in [0.3, 0.4) is 0 Å². The van der Waals surface area contributed by atoms with Crippen molar-refractivity contribution in [3.05, 3.63) is 29.8 Å². The van der Waals surface area contributed by atoms with Crippen molar-refractivity contribution in [2.75, 3.05) is 112 Å². The van der Waals surface area contributed by atoms with Gasteiger partial charge in [0.2, 0.25) is 5.91 Å². The molecule has 1 saturated heterocycles. The first-order chi connectivity index (χ1) is 25.8. The van der Waals surface area contributed by atoms with E-state index in [0.29, 0.717) is 84.3 Å². The van der Waals surface area contributed by atoms with E-state index < -0.39 is 11.2 Å². The SMILES string of the molecule is C#CCOc1ccc(C=NCCNC(=O)CN2CCN(CCOCOC(C)(C)C)CCN(CC(=O)OC(C)(C)C)CCN(CC(=O)OC(C)(C)C)CC2)cc1. The van der Waals surface area contributed by atoms with Crippen LogP contribution in [0.5, 0.6) is 5.75 Å². The molecule has 1 aliphatic rings. The van der Waals surface area contributed by atoms with Gasteiger partial charge in [-0.3, -0.25) is 39.0 Å². The average Bonchev–Trinajstić information content (AvgIpc) is 3.06. The molecule has 1 fully saturated rings. The van der Waals surface area contributed by atoms with Crippen LogP contribution in [0.2, 0.25) is 0 Å². The highest BCUT2D eigenvalue weighted by Crippen LogP contribution is 2.12. The maximum absolute atomic E-state index is 13.2. The second kappa shape index (κ2) is 24.1. The number of ether oxygens (including phenoxy) is 5. The Labute approximate surface area is 330 Å². The highest BCUT2D eigenvalue weighted by molar-refractivity contribution is 5.80. The van der Waals surface area contributed by atoms with Crippen LogP contribution in [0, 0.1) is 12.3 Å². The number of esters is 2. The molecule has 0 bridgehead atoms. The maximum atomic E-state index is 13.2. The van der Waals surface area contributed by atoms with Crippen LogP contribution in [-0.4, -0.2) is 172 Å². The molecule has 2 rings (SSSR count). The number of hydrogen-bond acceptors (Lipinski definition) is 13. The predicted octanol–water partition coefficient (Wildman–Crippen LogP) is 2.93. The zero-order valence-corrected chi connectivity index (χ0v) is 35.0. The molecular weight excluding hydrogens is 704 g/mol. The smallest absolute Gasteiger partial charge is 0.320 e. The summed E-state index contributed by atoms with van der Waals surface area (Å²) in [4.78, 5) is 52.0. The second-order valence-corrected chi connectivity index (χ2v) is 16.6. The Balaban J connectivity index is 2.12. The van der Waals surface area contributed by atoms with Crippen LogP contribution in [0.4, 0.5) is 0 Å². The van der Waals surface area contributed by atoms with Gasteiger partial charge in [0.1, 0.15) is 30.4 Å². The summed E-state index contributed by atoms with van der Waals surface area (Å²) < 4.78 is 28.3. The van der Waals surface area contributed by atoms with Gasteiger partial charge in [0.05, 0.1) is 38.4 Å². The number of terminal acetylenes is 1. The Bertz CT molecular complexity index is 1360. The lowest BCUT2D eigenvalue weighted by Crippen LogP contribution is -2.50. The molecule has 0 atom stereocenters. The lowest BCUT2D eigenvalue weighted by Gasteiger charge is -2.34. The van der Waals surface area contributed by atoms with Crippen LogP contribution in [-0.2, 0) is 33.3 Å². The molecule has 1 N–H and O–H groups in total. The normalized spacial score (nSPS) is 16.5. The summed E-state index contributed by atoms with van der Waals surface area (Å²) in [5, 5.41) is 3.00. The third-order valence-electron chi connectivity index (χ3n) is 7.98. The third-order valence-corrected chi connectivity index (χ3v) is 7.98. The van der Waals surface area contributed by atoms with E-state index in [2.05, 4.69) is 30.9 Å². The molecule has 1 aromatic rings. The van der Waals surface area contributed by atoms with Crippen LogP contribution in [0.1, 0.15) is 67.9 Å². The topological polar surface area (TPSA) is 135 Å². The second-order valence-electron chi connectivity index (χ2n) is 16.6. The number of carbonyl (C=O) groups excluding carboxylic acids is 3. The number of nitrogens with one attached hydrogen (secondary N) is 1. The summed E-state index contributed by atoms with van der Waals surface area (Å²) in [5.74, 6) is 2.42. The van der Waals surface area contributed by atoms with Gasteiger partial charge in [-0.25, -0.2) is 0 Å². The van der Waals surface area contributed by atoms with Gasteiger partial charge >= 0.3 is 11.9 Å². The van der Waals surface area contributed by atoms with Crippen molar-refractivity contribution in [3.63, 3.8) is 0 Å². The average molecular weight is 773 g/mol. The van der Waals surface area contributed by atoms with E-state index in [-0.39, 0.29) is 56.5 Å². The number of carbonyl (C=O) groups is 3. The lowest BCUT2D eigenvalue weighted by molar-refractivity contribution is -0.158. The summed E-state index contributed by atoms with van der Waals surface area (Å²) in [7, 11) is 0.